The second-order valence-corrected chi connectivity index (χ2v) is 9.35. The van der Waals surface area contributed by atoms with E-state index in [1.165, 1.54) is 43.2 Å². The van der Waals surface area contributed by atoms with Crippen molar-refractivity contribution in [1.29, 1.82) is 0 Å². The Balaban J connectivity index is 2.10. The number of hydrogen-bond acceptors (Lipinski definition) is 0. The Labute approximate surface area is 139 Å². The lowest BCUT2D eigenvalue weighted by molar-refractivity contribution is 0.708. The SMILES string of the molecule is CCCCCC1=CC(C(C)C)=C([SiH2]c2cc(C)cc(C)c2)C1. The molecule has 0 saturated carbocycles. The van der Waals surface area contributed by atoms with Crippen LogP contribution in [0.1, 0.15) is 64.0 Å². The zero-order chi connectivity index (χ0) is 16.1. The maximum Gasteiger partial charge on any atom is 0.0832 e. The molecule has 0 saturated heterocycles. The van der Waals surface area contributed by atoms with Gasteiger partial charge in [-0.1, -0.05) is 90.5 Å². The van der Waals surface area contributed by atoms with Crippen molar-refractivity contribution >= 4 is 14.7 Å². The molecule has 0 unspecified atom stereocenters. The van der Waals surface area contributed by atoms with Crippen LogP contribution in [0.4, 0.5) is 0 Å². The monoisotopic (exact) mass is 312 g/mol. The van der Waals surface area contributed by atoms with Crippen LogP contribution in [0.3, 0.4) is 0 Å². The second-order valence-electron chi connectivity index (χ2n) is 7.32. The first kappa shape index (κ1) is 17.3. The van der Waals surface area contributed by atoms with Gasteiger partial charge in [-0.25, -0.2) is 0 Å². The molecule has 2 rings (SSSR count). The van der Waals surface area contributed by atoms with Crippen LogP contribution < -0.4 is 5.19 Å². The van der Waals surface area contributed by atoms with Gasteiger partial charge < -0.3 is 0 Å². The molecule has 1 heteroatoms. The maximum absolute atomic E-state index is 2.55. The number of hydrogen-bond donors (Lipinski definition) is 0. The van der Waals surface area contributed by atoms with E-state index in [9.17, 15) is 0 Å². The molecule has 0 spiro atoms. The highest BCUT2D eigenvalue weighted by atomic mass is 28.2. The molecule has 0 amide bonds. The summed E-state index contributed by atoms with van der Waals surface area (Å²) < 4.78 is 0. The van der Waals surface area contributed by atoms with Crippen molar-refractivity contribution in [3.8, 4) is 0 Å². The van der Waals surface area contributed by atoms with Gasteiger partial charge in [-0.2, -0.15) is 0 Å². The van der Waals surface area contributed by atoms with E-state index in [0.717, 1.165) is 0 Å². The van der Waals surface area contributed by atoms with Crippen LogP contribution in [0.25, 0.3) is 0 Å². The first-order chi connectivity index (χ1) is 10.5. The average molecular weight is 313 g/mol. The third kappa shape index (κ3) is 4.71. The van der Waals surface area contributed by atoms with Gasteiger partial charge in [-0.3, -0.25) is 0 Å². The van der Waals surface area contributed by atoms with Crippen LogP contribution in [-0.4, -0.2) is 9.52 Å². The highest BCUT2D eigenvalue weighted by molar-refractivity contribution is 6.61. The van der Waals surface area contributed by atoms with Gasteiger partial charge in [-0.05, 0) is 39.0 Å². The third-order valence-electron chi connectivity index (χ3n) is 4.63. The molecule has 1 aromatic rings. The Morgan fingerprint density at radius 2 is 1.73 bits per heavy atom. The van der Waals surface area contributed by atoms with E-state index in [2.05, 4.69) is 58.9 Å². The van der Waals surface area contributed by atoms with E-state index in [0.29, 0.717) is 5.92 Å². The maximum atomic E-state index is 2.55. The fraction of sp³-hybridized carbons (Fsp3) is 0.524. The van der Waals surface area contributed by atoms with E-state index in [1.807, 2.05) is 0 Å². The third-order valence-corrected chi connectivity index (χ3v) is 6.53. The number of unbranched alkanes of at least 4 members (excludes halogenated alkanes) is 2. The average Bonchev–Trinajstić information content (AvgIpc) is 2.81. The van der Waals surface area contributed by atoms with Crippen LogP contribution >= 0.6 is 0 Å². The molecule has 0 heterocycles. The van der Waals surface area contributed by atoms with Crippen molar-refractivity contribution in [3.05, 3.63) is 51.7 Å². The summed E-state index contributed by atoms with van der Waals surface area (Å²) in [5.74, 6) is 0.678. The predicted octanol–water partition coefficient (Wildman–Crippen LogP) is 4.92. The summed E-state index contributed by atoms with van der Waals surface area (Å²) in [6, 6.07) is 7.12. The fourth-order valence-corrected chi connectivity index (χ4v) is 6.17. The Morgan fingerprint density at radius 3 is 2.32 bits per heavy atom. The zero-order valence-corrected chi connectivity index (χ0v) is 16.5. The van der Waals surface area contributed by atoms with Crippen LogP contribution in [0.15, 0.2) is 40.6 Å². The van der Waals surface area contributed by atoms with E-state index in [4.69, 9.17) is 0 Å². The summed E-state index contributed by atoms with van der Waals surface area (Å²) in [4.78, 5) is 0. The molecule has 0 bridgehead atoms. The lowest BCUT2D eigenvalue weighted by Gasteiger charge is -2.11. The molecule has 22 heavy (non-hydrogen) atoms. The van der Waals surface area contributed by atoms with Crippen molar-refractivity contribution in [2.24, 2.45) is 5.92 Å². The Morgan fingerprint density at radius 1 is 1.05 bits per heavy atom. The Hall–Kier alpha value is -1.08. The molecule has 120 valence electrons. The molecule has 0 nitrogen and oxygen atoms in total. The van der Waals surface area contributed by atoms with Gasteiger partial charge in [0.05, 0.1) is 9.52 Å². The lowest BCUT2D eigenvalue weighted by atomic mass is 10.0. The van der Waals surface area contributed by atoms with E-state index in [-0.39, 0.29) is 9.52 Å². The summed E-state index contributed by atoms with van der Waals surface area (Å²) >= 11 is 0. The largest absolute Gasteiger partial charge is 0.0832 e. The minimum absolute atomic E-state index is 0.301. The standard InChI is InChI=1S/C21H32Si/c1-6-7-8-9-18-13-20(15(2)3)21(14-18)22-19-11-16(4)10-17(5)12-19/h10-13,15H,6-9,14,22H2,1-5H3. The van der Waals surface area contributed by atoms with Gasteiger partial charge >= 0.3 is 0 Å². The van der Waals surface area contributed by atoms with Crippen molar-refractivity contribution in [2.45, 2.75) is 66.7 Å². The topological polar surface area (TPSA) is 0 Å². The van der Waals surface area contributed by atoms with E-state index in [1.54, 1.807) is 21.5 Å². The Kier molecular flexibility index (Phi) is 6.25. The molecule has 1 aromatic carbocycles. The molecule has 0 radical (unpaired) electrons. The molecular formula is C21H32Si. The van der Waals surface area contributed by atoms with E-state index >= 15 is 0 Å². The lowest BCUT2D eigenvalue weighted by Crippen LogP contribution is -2.18. The van der Waals surface area contributed by atoms with Gasteiger partial charge in [0.25, 0.3) is 0 Å². The molecule has 0 aliphatic heterocycles. The quantitative estimate of drug-likeness (QED) is 0.495. The summed E-state index contributed by atoms with van der Waals surface area (Å²) in [7, 11) is -0.301. The first-order valence-electron chi connectivity index (χ1n) is 8.98. The molecule has 1 aliphatic carbocycles. The van der Waals surface area contributed by atoms with Gasteiger partial charge in [0.15, 0.2) is 0 Å². The summed E-state index contributed by atoms with van der Waals surface area (Å²) in [5, 5.41) is 3.42. The molecular weight excluding hydrogens is 280 g/mol. The second kappa shape index (κ2) is 7.96. The molecule has 0 fully saturated rings. The first-order valence-corrected chi connectivity index (χ1v) is 10.4. The molecule has 1 aliphatic rings. The molecule has 0 atom stereocenters. The highest BCUT2D eigenvalue weighted by Crippen LogP contribution is 2.32. The normalized spacial score (nSPS) is 15.5. The van der Waals surface area contributed by atoms with Gasteiger partial charge in [-0.15, -0.1) is 0 Å². The number of aryl methyl sites for hydroxylation is 2. The van der Waals surface area contributed by atoms with Crippen molar-refractivity contribution in [3.63, 3.8) is 0 Å². The molecule has 0 aromatic heterocycles. The number of benzene rings is 1. The number of rotatable bonds is 7. The summed E-state index contributed by atoms with van der Waals surface area (Å²) in [6.07, 6.45) is 9.20. The number of allylic oxidation sites excluding steroid dienone is 4. The summed E-state index contributed by atoms with van der Waals surface area (Å²) in [6.45, 7) is 11.5. The predicted molar refractivity (Wildman–Crippen MR) is 103 cm³/mol. The van der Waals surface area contributed by atoms with Crippen LogP contribution in [0, 0.1) is 19.8 Å². The van der Waals surface area contributed by atoms with Crippen LogP contribution in [0.2, 0.25) is 0 Å². The van der Waals surface area contributed by atoms with Gasteiger partial charge in [0.1, 0.15) is 0 Å². The minimum Gasteiger partial charge on any atom is -0.0752 e. The van der Waals surface area contributed by atoms with Crippen LogP contribution in [-0.2, 0) is 0 Å². The van der Waals surface area contributed by atoms with Crippen molar-refractivity contribution in [1.82, 2.24) is 0 Å². The van der Waals surface area contributed by atoms with Crippen molar-refractivity contribution in [2.75, 3.05) is 0 Å². The Bertz CT molecular complexity index is 555. The van der Waals surface area contributed by atoms with Crippen molar-refractivity contribution < 1.29 is 0 Å². The summed E-state index contributed by atoms with van der Waals surface area (Å²) in [5.41, 5.74) is 6.20. The fourth-order valence-electron chi connectivity index (χ4n) is 3.67. The van der Waals surface area contributed by atoms with Gasteiger partial charge in [0.2, 0.25) is 0 Å². The minimum atomic E-state index is -0.301. The smallest absolute Gasteiger partial charge is 0.0752 e. The zero-order valence-electron chi connectivity index (χ0n) is 15.1. The molecule has 0 N–H and O–H groups in total. The highest BCUT2D eigenvalue weighted by Gasteiger charge is 2.18. The van der Waals surface area contributed by atoms with Crippen LogP contribution in [0.5, 0.6) is 0 Å². The van der Waals surface area contributed by atoms with E-state index < -0.39 is 0 Å². The van der Waals surface area contributed by atoms with Gasteiger partial charge in [0, 0.05) is 0 Å².